The van der Waals surface area contributed by atoms with Crippen molar-refractivity contribution in [2.24, 2.45) is 0 Å². The van der Waals surface area contributed by atoms with Gasteiger partial charge in [-0.1, -0.05) is 6.42 Å². The van der Waals surface area contributed by atoms with Crippen LogP contribution in [0.25, 0.3) is 0 Å². The zero-order valence-corrected chi connectivity index (χ0v) is 12.3. The van der Waals surface area contributed by atoms with E-state index in [1.807, 2.05) is 13.8 Å². The fraction of sp³-hybridized carbons (Fsp3) is 0.667. The van der Waals surface area contributed by atoms with Crippen LogP contribution >= 0.6 is 11.3 Å². The number of sulfonamides is 1. The zero-order chi connectivity index (χ0) is 13.3. The predicted molar refractivity (Wildman–Crippen MR) is 72.0 cm³/mol. The SMILES string of the molecule is C[C@@H]1CCC[C@H](C)N1S(=O)(=O)c1ccsc1CO. The lowest BCUT2D eigenvalue weighted by molar-refractivity contribution is 0.203. The van der Waals surface area contributed by atoms with Gasteiger partial charge in [0.25, 0.3) is 0 Å². The molecule has 2 rings (SSSR count). The number of nitrogens with zero attached hydrogens (tertiary/aromatic N) is 1. The second-order valence-electron chi connectivity index (χ2n) is 4.83. The lowest BCUT2D eigenvalue weighted by Crippen LogP contribution is -2.47. The van der Waals surface area contributed by atoms with Crippen molar-refractivity contribution in [2.75, 3.05) is 0 Å². The Morgan fingerprint density at radius 2 is 2.00 bits per heavy atom. The van der Waals surface area contributed by atoms with Crippen molar-refractivity contribution in [2.45, 2.75) is 56.7 Å². The molecule has 0 aliphatic carbocycles. The minimum Gasteiger partial charge on any atom is -0.391 e. The van der Waals surface area contributed by atoms with E-state index in [9.17, 15) is 13.5 Å². The van der Waals surface area contributed by atoms with Gasteiger partial charge in [0.05, 0.1) is 11.5 Å². The maximum Gasteiger partial charge on any atom is 0.244 e. The average molecular weight is 289 g/mol. The van der Waals surface area contributed by atoms with Crippen molar-refractivity contribution >= 4 is 21.4 Å². The molecule has 0 unspecified atom stereocenters. The van der Waals surface area contributed by atoms with Crippen LogP contribution in [0.15, 0.2) is 16.3 Å². The van der Waals surface area contributed by atoms with Gasteiger partial charge in [0, 0.05) is 17.0 Å². The summed E-state index contributed by atoms with van der Waals surface area (Å²) in [5, 5.41) is 10.9. The van der Waals surface area contributed by atoms with Crippen LogP contribution in [-0.2, 0) is 16.6 Å². The molecule has 0 amide bonds. The molecule has 4 nitrogen and oxygen atoms in total. The van der Waals surface area contributed by atoms with Gasteiger partial charge in [-0.05, 0) is 38.1 Å². The first-order chi connectivity index (χ1) is 8.48. The largest absolute Gasteiger partial charge is 0.391 e. The number of hydrogen-bond acceptors (Lipinski definition) is 4. The zero-order valence-electron chi connectivity index (χ0n) is 10.7. The molecule has 2 atom stereocenters. The molecule has 2 heterocycles. The molecule has 1 aliphatic heterocycles. The van der Waals surface area contributed by atoms with Crippen LogP contribution in [0.3, 0.4) is 0 Å². The Hall–Kier alpha value is -0.430. The third-order valence-electron chi connectivity index (χ3n) is 3.52. The molecule has 0 aromatic carbocycles. The molecule has 18 heavy (non-hydrogen) atoms. The lowest BCUT2D eigenvalue weighted by Gasteiger charge is -2.37. The molecule has 1 aromatic rings. The van der Waals surface area contributed by atoms with Gasteiger partial charge in [-0.15, -0.1) is 11.3 Å². The number of aliphatic hydroxyl groups is 1. The molecular formula is C12H19NO3S2. The van der Waals surface area contributed by atoms with E-state index in [4.69, 9.17) is 0 Å². The molecule has 1 saturated heterocycles. The van der Waals surface area contributed by atoms with Gasteiger partial charge in [0.15, 0.2) is 0 Å². The first-order valence-electron chi connectivity index (χ1n) is 6.19. The maximum atomic E-state index is 12.7. The van der Waals surface area contributed by atoms with E-state index in [0.29, 0.717) is 4.88 Å². The molecule has 0 spiro atoms. The van der Waals surface area contributed by atoms with Gasteiger partial charge in [-0.2, -0.15) is 4.31 Å². The maximum absolute atomic E-state index is 12.7. The highest BCUT2D eigenvalue weighted by molar-refractivity contribution is 7.89. The van der Waals surface area contributed by atoms with Gasteiger partial charge in [0.1, 0.15) is 0 Å². The number of aliphatic hydroxyl groups excluding tert-OH is 1. The second kappa shape index (κ2) is 5.28. The molecular weight excluding hydrogens is 270 g/mol. The van der Waals surface area contributed by atoms with E-state index in [-0.39, 0.29) is 23.6 Å². The summed E-state index contributed by atoms with van der Waals surface area (Å²) in [6.45, 7) is 3.69. The fourth-order valence-electron chi connectivity index (χ4n) is 2.66. The highest BCUT2D eigenvalue weighted by Gasteiger charge is 2.36. The van der Waals surface area contributed by atoms with Gasteiger partial charge in [0.2, 0.25) is 10.0 Å². The highest BCUT2D eigenvalue weighted by Crippen LogP contribution is 2.32. The Balaban J connectivity index is 2.41. The predicted octanol–water partition coefficient (Wildman–Crippen LogP) is 2.19. The summed E-state index contributed by atoms with van der Waals surface area (Å²) in [5.41, 5.74) is 0. The third kappa shape index (κ3) is 2.34. The minimum atomic E-state index is -3.48. The first kappa shape index (κ1) is 14.0. The summed E-state index contributed by atoms with van der Waals surface area (Å²) in [7, 11) is -3.48. The van der Waals surface area contributed by atoms with E-state index in [2.05, 4.69) is 0 Å². The van der Waals surface area contributed by atoms with E-state index >= 15 is 0 Å². The van der Waals surface area contributed by atoms with E-state index < -0.39 is 10.0 Å². The summed E-state index contributed by atoms with van der Waals surface area (Å²) in [6, 6.07) is 1.66. The van der Waals surface area contributed by atoms with Gasteiger partial charge >= 0.3 is 0 Å². The summed E-state index contributed by atoms with van der Waals surface area (Å²) in [6.07, 6.45) is 2.88. The van der Waals surface area contributed by atoms with Crippen molar-refractivity contribution < 1.29 is 13.5 Å². The van der Waals surface area contributed by atoms with Crippen molar-refractivity contribution in [1.29, 1.82) is 0 Å². The van der Waals surface area contributed by atoms with Crippen LogP contribution < -0.4 is 0 Å². The Morgan fingerprint density at radius 1 is 1.39 bits per heavy atom. The van der Waals surface area contributed by atoms with Crippen molar-refractivity contribution in [3.63, 3.8) is 0 Å². The van der Waals surface area contributed by atoms with Crippen LogP contribution in [0.4, 0.5) is 0 Å². The smallest absolute Gasteiger partial charge is 0.244 e. The standard InChI is InChI=1S/C12H19NO3S2/c1-9-4-3-5-10(2)13(9)18(15,16)12-6-7-17-11(12)8-14/h6-7,9-10,14H,3-5,8H2,1-2H3/t9-,10+. The Morgan fingerprint density at radius 3 is 2.56 bits per heavy atom. The van der Waals surface area contributed by atoms with E-state index in [1.54, 1.807) is 15.8 Å². The quantitative estimate of drug-likeness (QED) is 0.928. The van der Waals surface area contributed by atoms with Crippen molar-refractivity contribution in [3.05, 3.63) is 16.3 Å². The topological polar surface area (TPSA) is 57.6 Å². The second-order valence-corrected chi connectivity index (χ2v) is 7.64. The summed E-state index contributed by atoms with van der Waals surface area (Å²) < 4.78 is 26.9. The van der Waals surface area contributed by atoms with Gasteiger partial charge < -0.3 is 5.11 Å². The Kier molecular flexibility index (Phi) is 4.11. The minimum absolute atomic E-state index is 0.0326. The molecule has 1 N–H and O–H groups in total. The number of thiophene rings is 1. The van der Waals surface area contributed by atoms with Crippen LogP contribution in [-0.4, -0.2) is 29.9 Å². The molecule has 1 aliphatic rings. The number of piperidine rings is 1. The van der Waals surface area contributed by atoms with Crippen molar-refractivity contribution in [3.8, 4) is 0 Å². The van der Waals surface area contributed by atoms with Crippen LogP contribution in [0.1, 0.15) is 38.0 Å². The monoisotopic (exact) mass is 289 g/mol. The highest BCUT2D eigenvalue weighted by atomic mass is 32.2. The van der Waals surface area contributed by atoms with Crippen LogP contribution in [0.2, 0.25) is 0 Å². The van der Waals surface area contributed by atoms with Gasteiger partial charge in [-0.25, -0.2) is 8.42 Å². The Bertz CT molecular complexity index is 499. The summed E-state index contributed by atoms with van der Waals surface area (Å²) in [5.74, 6) is 0. The van der Waals surface area contributed by atoms with Gasteiger partial charge in [-0.3, -0.25) is 0 Å². The number of rotatable bonds is 3. The average Bonchev–Trinajstić information content (AvgIpc) is 2.77. The molecule has 102 valence electrons. The fourth-order valence-corrected chi connectivity index (χ4v) is 5.81. The molecule has 1 aromatic heterocycles. The Labute approximate surface area is 112 Å². The van der Waals surface area contributed by atoms with Crippen LogP contribution in [0, 0.1) is 0 Å². The molecule has 0 bridgehead atoms. The van der Waals surface area contributed by atoms with Crippen LogP contribution in [0.5, 0.6) is 0 Å². The molecule has 0 saturated carbocycles. The lowest BCUT2D eigenvalue weighted by atomic mass is 10.0. The third-order valence-corrected chi connectivity index (χ3v) is 6.76. The molecule has 1 fully saturated rings. The molecule has 6 heteroatoms. The first-order valence-corrected chi connectivity index (χ1v) is 8.51. The van der Waals surface area contributed by atoms with Crippen molar-refractivity contribution in [1.82, 2.24) is 4.31 Å². The summed E-state index contributed by atoms with van der Waals surface area (Å²) >= 11 is 1.29. The number of hydrogen-bond donors (Lipinski definition) is 1. The normalized spacial score (nSPS) is 26.4. The summed E-state index contributed by atoms with van der Waals surface area (Å²) in [4.78, 5) is 0.801. The van der Waals surface area contributed by atoms with E-state index in [0.717, 1.165) is 19.3 Å². The molecule has 0 radical (unpaired) electrons. The van der Waals surface area contributed by atoms with E-state index in [1.165, 1.54) is 11.3 Å².